The number of halogens is 3. The van der Waals surface area contributed by atoms with E-state index < -0.39 is 17.7 Å². The molecule has 0 radical (unpaired) electrons. The minimum atomic E-state index is -0.819. The van der Waals surface area contributed by atoms with E-state index in [9.17, 15) is 8.78 Å². The fourth-order valence-corrected chi connectivity index (χ4v) is 1.80. The molecule has 0 fully saturated rings. The molecule has 1 heterocycles. The number of nitrogens with one attached hydrogen (secondary N) is 1. The van der Waals surface area contributed by atoms with E-state index in [1.807, 2.05) is 0 Å². The van der Waals surface area contributed by atoms with Crippen molar-refractivity contribution >= 4 is 17.4 Å². The highest BCUT2D eigenvalue weighted by Crippen LogP contribution is 2.29. The van der Waals surface area contributed by atoms with Crippen LogP contribution < -0.4 is 10.1 Å². The summed E-state index contributed by atoms with van der Waals surface area (Å²) in [6, 6.07) is 1.74. The van der Waals surface area contributed by atoms with E-state index in [2.05, 4.69) is 10.3 Å². The lowest BCUT2D eigenvalue weighted by Gasteiger charge is -2.16. The molecule has 1 aromatic rings. The Hall–Kier alpha value is -1.36. The van der Waals surface area contributed by atoms with Crippen molar-refractivity contribution in [2.24, 2.45) is 4.99 Å². The lowest BCUT2D eigenvalue weighted by Crippen LogP contribution is -2.33. The topological polar surface area (TPSA) is 33.6 Å². The van der Waals surface area contributed by atoms with E-state index in [0.717, 1.165) is 18.7 Å². The van der Waals surface area contributed by atoms with Crippen LogP contribution in [0.2, 0.25) is 5.02 Å². The first-order valence-corrected chi connectivity index (χ1v) is 5.55. The molecule has 92 valence electrons. The van der Waals surface area contributed by atoms with E-state index in [1.54, 1.807) is 6.92 Å². The van der Waals surface area contributed by atoms with Gasteiger partial charge >= 0.3 is 0 Å². The van der Waals surface area contributed by atoms with Gasteiger partial charge in [0.15, 0.2) is 17.7 Å². The third-order valence-electron chi connectivity index (χ3n) is 2.34. The van der Waals surface area contributed by atoms with Crippen molar-refractivity contribution in [1.82, 2.24) is 5.32 Å². The molecule has 1 unspecified atom stereocenters. The molecule has 1 aliphatic heterocycles. The van der Waals surface area contributed by atoms with Gasteiger partial charge in [0.25, 0.3) is 0 Å². The Morgan fingerprint density at radius 3 is 2.82 bits per heavy atom. The van der Waals surface area contributed by atoms with Gasteiger partial charge in [-0.25, -0.2) is 8.78 Å². The van der Waals surface area contributed by atoms with Gasteiger partial charge in [-0.05, 0) is 13.0 Å². The third kappa shape index (κ3) is 2.66. The van der Waals surface area contributed by atoms with Gasteiger partial charge in [-0.3, -0.25) is 4.99 Å². The average molecular weight is 261 g/mol. The molecule has 0 spiro atoms. The standard InChI is InChI=1S/C11H11ClF2N2O/c1-6(11-15-2-3-16-11)17-10-8(12)4-7(13)5-9(10)14/h4-6H,2-3H2,1H3,(H,15,16). The monoisotopic (exact) mass is 260 g/mol. The number of benzene rings is 1. The minimum Gasteiger partial charge on any atom is -0.478 e. The van der Waals surface area contributed by atoms with Crippen LogP contribution >= 0.6 is 11.6 Å². The van der Waals surface area contributed by atoms with Gasteiger partial charge in [-0.15, -0.1) is 0 Å². The quantitative estimate of drug-likeness (QED) is 0.905. The average Bonchev–Trinajstić information content (AvgIpc) is 2.76. The van der Waals surface area contributed by atoms with Crippen LogP contribution in [-0.2, 0) is 0 Å². The summed E-state index contributed by atoms with van der Waals surface area (Å²) in [6.45, 7) is 3.13. The summed E-state index contributed by atoms with van der Waals surface area (Å²) in [7, 11) is 0. The van der Waals surface area contributed by atoms with Crippen LogP contribution in [0.15, 0.2) is 17.1 Å². The number of hydrogen-bond acceptors (Lipinski definition) is 3. The molecule has 0 bridgehead atoms. The zero-order valence-electron chi connectivity index (χ0n) is 9.14. The number of ether oxygens (including phenoxy) is 1. The Labute approximate surface area is 102 Å². The summed E-state index contributed by atoms with van der Waals surface area (Å²) in [5.41, 5.74) is 0. The van der Waals surface area contributed by atoms with Gasteiger partial charge in [0.1, 0.15) is 11.7 Å². The lowest BCUT2D eigenvalue weighted by atomic mass is 10.3. The lowest BCUT2D eigenvalue weighted by molar-refractivity contribution is 0.269. The van der Waals surface area contributed by atoms with Crippen LogP contribution in [0.1, 0.15) is 6.92 Å². The highest BCUT2D eigenvalue weighted by atomic mass is 35.5. The number of hydrogen-bond donors (Lipinski definition) is 1. The zero-order chi connectivity index (χ0) is 12.4. The molecule has 0 amide bonds. The van der Waals surface area contributed by atoms with E-state index >= 15 is 0 Å². The normalized spacial score (nSPS) is 16.4. The predicted molar refractivity (Wildman–Crippen MR) is 61.8 cm³/mol. The summed E-state index contributed by atoms with van der Waals surface area (Å²) < 4.78 is 31.6. The number of nitrogens with zero attached hydrogens (tertiary/aromatic N) is 1. The summed E-state index contributed by atoms with van der Waals surface area (Å²) in [5.74, 6) is -1.06. The molecule has 2 rings (SSSR count). The maximum absolute atomic E-state index is 13.4. The Kier molecular flexibility index (Phi) is 3.47. The van der Waals surface area contributed by atoms with Gasteiger partial charge in [-0.2, -0.15) is 0 Å². The second-order valence-electron chi connectivity index (χ2n) is 3.65. The first kappa shape index (κ1) is 12.1. The van der Waals surface area contributed by atoms with Crippen molar-refractivity contribution in [1.29, 1.82) is 0 Å². The zero-order valence-corrected chi connectivity index (χ0v) is 9.89. The maximum atomic E-state index is 13.4. The van der Waals surface area contributed by atoms with Gasteiger partial charge in [0.2, 0.25) is 0 Å². The third-order valence-corrected chi connectivity index (χ3v) is 2.62. The summed E-state index contributed by atoms with van der Waals surface area (Å²) in [4.78, 5) is 4.15. The second kappa shape index (κ2) is 4.87. The molecule has 6 heteroatoms. The van der Waals surface area contributed by atoms with Crippen molar-refractivity contribution in [2.75, 3.05) is 13.1 Å². The molecule has 1 aliphatic rings. The van der Waals surface area contributed by atoms with Crippen LogP contribution in [0.25, 0.3) is 0 Å². The van der Waals surface area contributed by atoms with Crippen molar-refractivity contribution in [2.45, 2.75) is 13.0 Å². The fourth-order valence-electron chi connectivity index (χ4n) is 1.56. The largest absolute Gasteiger partial charge is 0.478 e. The van der Waals surface area contributed by atoms with Gasteiger partial charge < -0.3 is 10.1 Å². The van der Waals surface area contributed by atoms with Gasteiger partial charge in [0, 0.05) is 12.6 Å². The molecule has 3 nitrogen and oxygen atoms in total. The van der Waals surface area contributed by atoms with E-state index in [4.69, 9.17) is 16.3 Å². The van der Waals surface area contributed by atoms with Crippen molar-refractivity contribution in [3.63, 3.8) is 0 Å². The van der Waals surface area contributed by atoms with E-state index in [1.165, 1.54) is 0 Å². The summed E-state index contributed by atoms with van der Waals surface area (Å²) >= 11 is 5.72. The summed E-state index contributed by atoms with van der Waals surface area (Å²) in [5, 5.41) is 2.92. The molecule has 1 aromatic carbocycles. The first-order valence-electron chi connectivity index (χ1n) is 5.17. The molecular formula is C11H11ClF2N2O. The van der Waals surface area contributed by atoms with Gasteiger partial charge in [-0.1, -0.05) is 11.6 Å². The van der Waals surface area contributed by atoms with Crippen LogP contribution in [-0.4, -0.2) is 25.0 Å². The molecular weight excluding hydrogens is 250 g/mol. The number of amidine groups is 1. The Morgan fingerprint density at radius 1 is 1.47 bits per heavy atom. The second-order valence-corrected chi connectivity index (χ2v) is 4.06. The van der Waals surface area contributed by atoms with Crippen LogP contribution in [0.4, 0.5) is 8.78 Å². The van der Waals surface area contributed by atoms with E-state index in [-0.39, 0.29) is 10.8 Å². The van der Waals surface area contributed by atoms with E-state index in [0.29, 0.717) is 12.4 Å². The molecule has 0 aliphatic carbocycles. The van der Waals surface area contributed by atoms with Crippen LogP contribution in [0, 0.1) is 11.6 Å². The van der Waals surface area contributed by atoms with Gasteiger partial charge in [0.05, 0.1) is 11.6 Å². The molecule has 0 saturated carbocycles. The highest BCUT2D eigenvalue weighted by Gasteiger charge is 2.19. The maximum Gasteiger partial charge on any atom is 0.174 e. The Morgan fingerprint density at radius 2 is 2.24 bits per heavy atom. The molecule has 17 heavy (non-hydrogen) atoms. The van der Waals surface area contributed by atoms with Crippen molar-refractivity contribution in [3.05, 3.63) is 28.8 Å². The van der Waals surface area contributed by atoms with Crippen LogP contribution in [0.5, 0.6) is 5.75 Å². The highest BCUT2D eigenvalue weighted by molar-refractivity contribution is 6.32. The minimum absolute atomic E-state index is 0.0899. The SMILES string of the molecule is CC(Oc1c(F)cc(F)cc1Cl)C1=NCCN1. The molecule has 0 saturated heterocycles. The first-order chi connectivity index (χ1) is 8.08. The van der Waals surface area contributed by atoms with Crippen molar-refractivity contribution < 1.29 is 13.5 Å². The summed E-state index contributed by atoms with van der Waals surface area (Å²) in [6.07, 6.45) is -0.449. The van der Waals surface area contributed by atoms with Crippen LogP contribution in [0.3, 0.4) is 0 Å². The molecule has 1 N–H and O–H groups in total. The Balaban J connectivity index is 2.18. The fraction of sp³-hybridized carbons (Fsp3) is 0.364. The molecule has 0 aromatic heterocycles. The smallest absolute Gasteiger partial charge is 0.174 e. The molecule has 1 atom stereocenters. The Bertz CT molecular complexity index is 442. The predicted octanol–water partition coefficient (Wildman–Crippen LogP) is 2.39. The van der Waals surface area contributed by atoms with Crippen molar-refractivity contribution in [3.8, 4) is 5.75 Å². The number of rotatable bonds is 3. The number of aliphatic imine (C=N–C) groups is 1.